The van der Waals surface area contributed by atoms with Crippen LogP contribution in [0.4, 0.5) is 8.78 Å². The lowest BCUT2D eigenvalue weighted by Gasteiger charge is -2.43. The van der Waals surface area contributed by atoms with Crippen molar-refractivity contribution in [2.24, 2.45) is 11.8 Å². The summed E-state index contributed by atoms with van der Waals surface area (Å²) in [5, 5.41) is 10.8. The molecule has 120 valence electrons. The van der Waals surface area contributed by atoms with Gasteiger partial charge in [-0.15, -0.1) is 0 Å². The van der Waals surface area contributed by atoms with Crippen LogP contribution < -0.4 is 0 Å². The second-order valence-corrected chi connectivity index (χ2v) is 7.43. The van der Waals surface area contributed by atoms with Crippen molar-refractivity contribution in [2.45, 2.75) is 50.2 Å². The van der Waals surface area contributed by atoms with Gasteiger partial charge in [0.1, 0.15) is 11.6 Å². The fourth-order valence-corrected chi connectivity index (χ4v) is 5.02. The SMILES string of the molecule is OC1(c2ccc(F)cc2F)CCN(C2C[C@H]3CC[C@H]2C3)CC1. The molecule has 22 heavy (non-hydrogen) atoms. The summed E-state index contributed by atoms with van der Waals surface area (Å²) in [6.45, 7) is 1.61. The number of hydrogen-bond donors (Lipinski definition) is 1. The second kappa shape index (κ2) is 5.27. The molecule has 1 aliphatic heterocycles. The van der Waals surface area contributed by atoms with Crippen LogP contribution in [-0.2, 0) is 5.60 Å². The van der Waals surface area contributed by atoms with Gasteiger partial charge < -0.3 is 5.11 Å². The summed E-state index contributed by atoms with van der Waals surface area (Å²) in [5.41, 5.74) is -0.896. The van der Waals surface area contributed by atoms with Gasteiger partial charge in [0.05, 0.1) is 5.60 Å². The van der Waals surface area contributed by atoms with Gasteiger partial charge in [0.25, 0.3) is 0 Å². The smallest absolute Gasteiger partial charge is 0.132 e. The number of hydrogen-bond acceptors (Lipinski definition) is 2. The van der Waals surface area contributed by atoms with E-state index in [1.807, 2.05) is 0 Å². The van der Waals surface area contributed by atoms with Gasteiger partial charge >= 0.3 is 0 Å². The number of nitrogens with zero attached hydrogens (tertiary/aromatic N) is 1. The standard InChI is InChI=1S/C18H23F2NO/c19-14-3-4-15(16(20)11-14)18(22)5-7-21(8-6-18)17-10-12-1-2-13(17)9-12/h3-4,11-13,17,22H,1-2,5-10H2/t12-,13-,17?/m0/s1. The molecule has 1 unspecified atom stereocenters. The van der Waals surface area contributed by atoms with Crippen molar-refractivity contribution in [3.63, 3.8) is 0 Å². The first kappa shape index (κ1) is 14.6. The van der Waals surface area contributed by atoms with Crippen molar-refractivity contribution in [1.82, 2.24) is 4.90 Å². The third-order valence-corrected chi connectivity index (χ3v) is 6.23. The molecule has 1 aromatic rings. The number of benzene rings is 1. The molecule has 2 aliphatic carbocycles. The van der Waals surface area contributed by atoms with Crippen LogP contribution in [0.1, 0.15) is 44.1 Å². The lowest BCUT2D eigenvalue weighted by Crippen LogP contribution is -2.48. The number of fused-ring (bicyclic) bond motifs is 2. The van der Waals surface area contributed by atoms with Gasteiger partial charge in [0.2, 0.25) is 0 Å². The van der Waals surface area contributed by atoms with Crippen molar-refractivity contribution in [1.29, 1.82) is 0 Å². The molecular formula is C18H23F2NO. The van der Waals surface area contributed by atoms with Crippen molar-refractivity contribution in [3.8, 4) is 0 Å². The maximum Gasteiger partial charge on any atom is 0.132 e. The lowest BCUT2D eigenvalue weighted by atomic mass is 9.82. The average Bonchev–Trinajstić information content (AvgIpc) is 3.10. The maximum atomic E-state index is 14.0. The topological polar surface area (TPSA) is 23.5 Å². The van der Waals surface area contributed by atoms with Gasteiger partial charge in [-0.3, -0.25) is 4.90 Å². The molecule has 0 spiro atoms. The van der Waals surface area contributed by atoms with Crippen LogP contribution in [0.3, 0.4) is 0 Å². The molecular weight excluding hydrogens is 284 g/mol. The molecule has 4 heteroatoms. The molecule has 1 aromatic carbocycles. The first-order valence-electron chi connectivity index (χ1n) is 8.47. The molecule has 2 bridgehead atoms. The first-order valence-corrected chi connectivity index (χ1v) is 8.47. The van der Waals surface area contributed by atoms with Crippen molar-refractivity contribution in [2.75, 3.05) is 13.1 Å². The van der Waals surface area contributed by atoms with Crippen molar-refractivity contribution < 1.29 is 13.9 Å². The lowest BCUT2D eigenvalue weighted by molar-refractivity contribution is -0.0435. The summed E-state index contributed by atoms with van der Waals surface area (Å²) in [4.78, 5) is 2.50. The minimum atomic E-state index is -1.15. The zero-order valence-electron chi connectivity index (χ0n) is 12.8. The predicted octanol–water partition coefficient (Wildman–Crippen LogP) is 3.44. The molecule has 0 aromatic heterocycles. The molecule has 1 N–H and O–H groups in total. The molecule has 0 amide bonds. The highest BCUT2D eigenvalue weighted by Gasteiger charge is 2.45. The third kappa shape index (κ3) is 2.37. The van der Waals surface area contributed by atoms with Crippen LogP contribution in [-0.4, -0.2) is 29.1 Å². The van der Waals surface area contributed by atoms with Crippen molar-refractivity contribution >= 4 is 0 Å². The van der Waals surface area contributed by atoms with Gasteiger partial charge in [-0.25, -0.2) is 8.78 Å². The van der Waals surface area contributed by atoms with Gasteiger partial charge in [-0.2, -0.15) is 0 Å². The number of likely N-dealkylation sites (tertiary alicyclic amines) is 1. The zero-order chi connectivity index (χ0) is 15.3. The highest BCUT2D eigenvalue weighted by atomic mass is 19.1. The molecule has 4 rings (SSSR count). The summed E-state index contributed by atoms with van der Waals surface area (Å²) in [5.74, 6) is 0.518. The Balaban J connectivity index is 1.46. The Labute approximate surface area is 130 Å². The number of aliphatic hydroxyl groups is 1. The molecule has 2 nitrogen and oxygen atoms in total. The van der Waals surface area contributed by atoms with Crippen LogP contribution in [0.5, 0.6) is 0 Å². The van der Waals surface area contributed by atoms with E-state index in [0.717, 1.165) is 31.0 Å². The van der Waals surface area contributed by atoms with Gasteiger partial charge in [0, 0.05) is 30.8 Å². The average molecular weight is 307 g/mol. The van der Waals surface area contributed by atoms with E-state index in [0.29, 0.717) is 18.9 Å². The first-order chi connectivity index (χ1) is 10.5. The fraction of sp³-hybridized carbons (Fsp3) is 0.667. The summed E-state index contributed by atoms with van der Waals surface area (Å²) in [7, 11) is 0. The summed E-state index contributed by atoms with van der Waals surface area (Å²) in [6.07, 6.45) is 6.47. The molecule has 2 saturated carbocycles. The predicted molar refractivity (Wildman–Crippen MR) is 80.3 cm³/mol. The number of halogens is 2. The molecule has 3 atom stereocenters. The van der Waals surface area contributed by atoms with E-state index in [1.54, 1.807) is 0 Å². The molecule has 3 fully saturated rings. The quantitative estimate of drug-likeness (QED) is 0.905. The van der Waals surface area contributed by atoms with E-state index >= 15 is 0 Å². The maximum absolute atomic E-state index is 14.0. The molecule has 3 aliphatic rings. The van der Waals surface area contributed by atoms with E-state index in [2.05, 4.69) is 4.90 Å². The van der Waals surface area contributed by atoms with E-state index in [9.17, 15) is 13.9 Å². The Morgan fingerprint density at radius 3 is 2.45 bits per heavy atom. The Kier molecular flexibility index (Phi) is 3.50. The van der Waals surface area contributed by atoms with E-state index in [-0.39, 0.29) is 5.56 Å². The zero-order valence-corrected chi connectivity index (χ0v) is 12.8. The monoisotopic (exact) mass is 307 g/mol. The Bertz CT molecular complexity index is 568. The minimum absolute atomic E-state index is 0.251. The largest absolute Gasteiger partial charge is 0.385 e. The molecule has 1 saturated heterocycles. The molecule has 0 radical (unpaired) electrons. The van der Waals surface area contributed by atoms with Crippen LogP contribution >= 0.6 is 0 Å². The van der Waals surface area contributed by atoms with Crippen LogP contribution in [0.15, 0.2) is 18.2 Å². The Hall–Kier alpha value is -1.00. The van der Waals surface area contributed by atoms with E-state index < -0.39 is 17.2 Å². The Morgan fingerprint density at radius 1 is 1.09 bits per heavy atom. The molecule has 1 heterocycles. The normalized spacial score (nSPS) is 34.2. The van der Waals surface area contributed by atoms with Crippen LogP contribution in [0.25, 0.3) is 0 Å². The van der Waals surface area contributed by atoms with Gasteiger partial charge in [0.15, 0.2) is 0 Å². The number of piperidine rings is 1. The summed E-state index contributed by atoms with van der Waals surface area (Å²) in [6, 6.07) is 4.17. The summed E-state index contributed by atoms with van der Waals surface area (Å²) >= 11 is 0. The summed E-state index contributed by atoms with van der Waals surface area (Å²) < 4.78 is 27.0. The highest BCUT2D eigenvalue weighted by molar-refractivity contribution is 5.26. The van der Waals surface area contributed by atoms with Gasteiger partial charge in [-0.1, -0.05) is 12.5 Å². The minimum Gasteiger partial charge on any atom is -0.385 e. The third-order valence-electron chi connectivity index (χ3n) is 6.23. The van der Waals surface area contributed by atoms with Gasteiger partial charge in [-0.05, 0) is 50.0 Å². The van der Waals surface area contributed by atoms with Crippen LogP contribution in [0, 0.1) is 23.5 Å². The van der Waals surface area contributed by atoms with Crippen LogP contribution in [0.2, 0.25) is 0 Å². The number of rotatable bonds is 2. The van der Waals surface area contributed by atoms with Crippen molar-refractivity contribution in [3.05, 3.63) is 35.4 Å². The second-order valence-electron chi connectivity index (χ2n) is 7.43. The highest BCUT2D eigenvalue weighted by Crippen LogP contribution is 2.48. The van der Waals surface area contributed by atoms with E-state index in [1.165, 1.54) is 37.8 Å². The Morgan fingerprint density at radius 2 is 1.86 bits per heavy atom. The fourth-order valence-electron chi connectivity index (χ4n) is 5.02. The van der Waals surface area contributed by atoms with E-state index in [4.69, 9.17) is 0 Å².